The number of amides is 1. The molecule has 7 heteroatoms. The van der Waals surface area contributed by atoms with Gasteiger partial charge in [0.2, 0.25) is 5.91 Å². The fourth-order valence-corrected chi connectivity index (χ4v) is 3.22. The van der Waals surface area contributed by atoms with Crippen molar-refractivity contribution in [3.8, 4) is 0 Å². The third-order valence-electron chi connectivity index (χ3n) is 4.61. The summed E-state index contributed by atoms with van der Waals surface area (Å²) in [6.45, 7) is 8.27. The molecule has 0 aromatic heterocycles. The number of carbonyl (C=O) groups excluding carboxylic acids is 1. The Morgan fingerprint density at radius 2 is 1.91 bits per heavy atom. The Bertz CT molecular complexity index is 326. The molecule has 0 bridgehead atoms. The van der Waals surface area contributed by atoms with E-state index in [2.05, 4.69) is 29.4 Å². The summed E-state index contributed by atoms with van der Waals surface area (Å²) >= 11 is 0. The van der Waals surface area contributed by atoms with E-state index in [1.165, 1.54) is 0 Å². The third kappa shape index (κ3) is 6.20. The van der Waals surface area contributed by atoms with Gasteiger partial charge in [0.1, 0.15) is 0 Å². The van der Waals surface area contributed by atoms with Gasteiger partial charge in [-0.25, -0.2) is 0 Å². The number of hydrogen-bond acceptors (Lipinski definition) is 4. The molecule has 0 aromatic rings. The number of rotatable bonds is 5. The van der Waals surface area contributed by atoms with Crippen LogP contribution in [0.1, 0.15) is 33.1 Å². The molecule has 2 saturated heterocycles. The molecule has 0 radical (unpaired) electrons. The molecule has 2 aliphatic heterocycles. The van der Waals surface area contributed by atoms with E-state index >= 15 is 0 Å². The largest absolute Gasteiger partial charge is 0.378 e. The average Bonchev–Trinajstić information content (AvgIpc) is 2.83. The molecule has 2 heterocycles. The minimum atomic E-state index is 0. The number of nitrogens with zero attached hydrogens (tertiary/aromatic N) is 1. The van der Waals surface area contributed by atoms with Gasteiger partial charge in [-0.1, -0.05) is 0 Å². The predicted octanol–water partition coefficient (Wildman–Crippen LogP) is 1.44. The smallest absolute Gasteiger partial charge is 0.220 e. The highest BCUT2D eigenvalue weighted by Crippen LogP contribution is 2.18. The van der Waals surface area contributed by atoms with Crippen LogP contribution in [-0.4, -0.2) is 62.3 Å². The Kier molecular flexibility index (Phi) is 10.6. The summed E-state index contributed by atoms with van der Waals surface area (Å²) in [6, 6.07) is 0.635. The van der Waals surface area contributed by atoms with Gasteiger partial charge in [-0.15, -0.1) is 24.8 Å². The molecule has 22 heavy (non-hydrogen) atoms. The number of methoxy groups -OCH3 is 1. The number of piperidine rings is 1. The number of halogens is 2. The number of nitrogens with one attached hydrogen (secondary N) is 2. The Hall–Kier alpha value is -0.0700. The SMILES string of the molecule is CO[C@H]1CN(C(C)C)C[C@@H]1NC(=O)CC1CCNCC1.Cl.Cl. The summed E-state index contributed by atoms with van der Waals surface area (Å²) in [4.78, 5) is 14.6. The summed E-state index contributed by atoms with van der Waals surface area (Å²) in [6.07, 6.45) is 3.01. The third-order valence-corrected chi connectivity index (χ3v) is 4.61. The number of likely N-dealkylation sites (tertiary alicyclic amines) is 1. The highest BCUT2D eigenvalue weighted by atomic mass is 35.5. The number of carbonyl (C=O) groups is 1. The molecule has 132 valence electrons. The molecule has 0 aliphatic carbocycles. The quantitative estimate of drug-likeness (QED) is 0.783. The Balaban J connectivity index is 0.00000220. The number of hydrogen-bond donors (Lipinski definition) is 2. The van der Waals surface area contributed by atoms with Crippen molar-refractivity contribution in [2.45, 2.75) is 51.3 Å². The maximum Gasteiger partial charge on any atom is 0.220 e. The summed E-state index contributed by atoms with van der Waals surface area (Å²) in [5, 5.41) is 6.52. The van der Waals surface area contributed by atoms with Gasteiger partial charge in [0, 0.05) is 32.7 Å². The first-order valence-electron chi connectivity index (χ1n) is 7.87. The lowest BCUT2D eigenvalue weighted by molar-refractivity contribution is -0.123. The molecule has 2 aliphatic rings. The van der Waals surface area contributed by atoms with Crippen molar-refractivity contribution < 1.29 is 9.53 Å². The Labute approximate surface area is 146 Å². The zero-order chi connectivity index (χ0) is 14.5. The number of ether oxygens (including phenoxy) is 1. The van der Waals surface area contributed by atoms with Crippen molar-refractivity contribution in [3.63, 3.8) is 0 Å². The van der Waals surface area contributed by atoms with Crippen molar-refractivity contribution in [2.24, 2.45) is 5.92 Å². The maximum absolute atomic E-state index is 12.2. The van der Waals surface area contributed by atoms with E-state index in [-0.39, 0.29) is 42.9 Å². The van der Waals surface area contributed by atoms with Crippen LogP contribution in [-0.2, 0) is 9.53 Å². The van der Waals surface area contributed by atoms with E-state index in [9.17, 15) is 4.79 Å². The molecule has 2 N–H and O–H groups in total. The fraction of sp³-hybridized carbons (Fsp3) is 0.933. The van der Waals surface area contributed by atoms with Crippen LogP contribution in [0.15, 0.2) is 0 Å². The van der Waals surface area contributed by atoms with Crippen LogP contribution in [0.4, 0.5) is 0 Å². The van der Waals surface area contributed by atoms with E-state index in [1.807, 2.05) is 0 Å². The molecule has 2 atom stereocenters. The minimum Gasteiger partial charge on any atom is -0.378 e. The van der Waals surface area contributed by atoms with Gasteiger partial charge in [-0.3, -0.25) is 9.69 Å². The Morgan fingerprint density at radius 1 is 1.27 bits per heavy atom. The van der Waals surface area contributed by atoms with Gasteiger partial charge in [-0.05, 0) is 45.7 Å². The lowest BCUT2D eigenvalue weighted by Crippen LogP contribution is -2.44. The van der Waals surface area contributed by atoms with Crippen LogP contribution in [0.5, 0.6) is 0 Å². The van der Waals surface area contributed by atoms with Gasteiger partial charge in [0.05, 0.1) is 12.1 Å². The lowest BCUT2D eigenvalue weighted by atomic mass is 9.94. The van der Waals surface area contributed by atoms with Crippen molar-refractivity contribution in [1.82, 2.24) is 15.5 Å². The molecule has 0 aromatic carbocycles. The minimum absolute atomic E-state index is 0. The fourth-order valence-electron chi connectivity index (χ4n) is 3.22. The summed E-state index contributed by atoms with van der Waals surface area (Å²) < 4.78 is 5.53. The second kappa shape index (κ2) is 10.7. The molecule has 0 unspecified atom stereocenters. The van der Waals surface area contributed by atoms with Crippen molar-refractivity contribution >= 4 is 30.7 Å². The zero-order valence-electron chi connectivity index (χ0n) is 13.8. The van der Waals surface area contributed by atoms with Crippen LogP contribution in [0.25, 0.3) is 0 Å². The van der Waals surface area contributed by atoms with Crippen LogP contribution in [0.2, 0.25) is 0 Å². The van der Waals surface area contributed by atoms with Gasteiger partial charge in [-0.2, -0.15) is 0 Å². The average molecular weight is 356 g/mol. The molecule has 2 fully saturated rings. The van der Waals surface area contributed by atoms with Crippen LogP contribution < -0.4 is 10.6 Å². The lowest BCUT2D eigenvalue weighted by Gasteiger charge is -2.24. The van der Waals surface area contributed by atoms with E-state index < -0.39 is 0 Å². The topological polar surface area (TPSA) is 53.6 Å². The molecule has 1 amide bonds. The second-order valence-electron chi connectivity index (χ2n) is 6.39. The standard InChI is InChI=1S/C15H29N3O2.2ClH/c1-11(2)18-9-13(14(10-18)20-3)17-15(19)8-12-4-6-16-7-5-12;;/h11-14,16H,4-10H2,1-3H3,(H,17,19);2*1H/t13-,14-;;/m0../s1. The molecule has 2 rings (SSSR count). The van der Waals surface area contributed by atoms with E-state index in [0.29, 0.717) is 18.4 Å². The van der Waals surface area contributed by atoms with Crippen LogP contribution in [0, 0.1) is 5.92 Å². The summed E-state index contributed by atoms with van der Waals surface area (Å²) in [5.41, 5.74) is 0. The highest BCUT2D eigenvalue weighted by molar-refractivity contribution is 5.85. The zero-order valence-corrected chi connectivity index (χ0v) is 15.5. The van der Waals surface area contributed by atoms with E-state index in [0.717, 1.165) is 39.0 Å². The second-order valence-corrected chi connectivity index (χ2v) is 6.39. The van der Waals surface area contributed by atoms with Crippen molar-refractivity contribution in [1.29, 1.82) is 0 Å². The monoisotopic (exact) mass is 355 g/mol. The van der Waals surface area contributed by atoms with Gasteiger partial charge >= 0.3 is 0 Å². The first-order chi connectivity index (χ1) is 9.60. The van der Waals surface area contributed by atoms with Gasteiger partial charge in [0.25, 0.3) is 0 Å². The van der Waals surface area contributed by atoms with Gasteiger partial charge in [0.15, 0.2) is 0 Å². The summed E-state index contributed by atoms with van der Waals surface area (Å²) in [5.74, 6) is 0.731. The first-order valence-corrected chi connectivity index (χ1v) is 7.87. The predicted molar refractivity (Wildman–Crippen MR) is 94.1 cm³/mol. The molecule has 0 spiro atoms. The van der Waals surface area contributed by atoms with Crippen LogP contribution in [0.3, 0.4) is 0 Å². The van der Waals surface area contributed by atoms with E-state index in [1.54, 1.807) is 7.11 Å². The first kappa shape index (κ1) is 21.9. The van der Waals surface area contributed by atoms with Crippen LogP contribution >= 0.6 is 24.8 Å². The van der Waals surface area contributed by atoms with E-state index in [4.69, 9.17) is 4.74 Å². The normalized spacial score (nSPS) is 26.4. The van der Waals surface area contributed by atoms with Gasteiger partial charge < -0.3 is 15.4 Å². The maximum atomic E-state index is 12.2. The Morgan fingerprint density at radius 3 is 2.45 bits per heavy atom. The highest BCUT2D eigenvalue weighted by Gasteiger charge is 2.35. The molecular weight excluding hydrogens is 325 g/mol. The van der Waals surface area contributed by atoms with Crippen molar-refractivity contribution in [3.05, 3.63) is 0 Å². The summed E-state index contributed by atoms with van der Waals surface area (Å²) in [7, 11) is 1.74. The molecule has 5 nitrogen and oxygen atoms in total. The molecular formula is C15H31Cl2N3O2. The molecule has 0 saturated carbocycles. The van der Waals surface area contributed by atoms with Crippen molar-refractivity contribution in [2.75, 3.05) is 33.3 Å².